The van der Waals surface area contributed by atoms with Crippen LogP contribution in [0.3, 0.4) is 0 Å². The van der Waals surface area contributed by atoms with Crippen LogP contribution in [0.5, 0.6) is 0 Å². The molecule has 0 aromatic heterocycles. The number of allylic oxidation sites excluding steroid dienone is 8. The molecule has 0 aliphatic heterocycles. The van der Waals surface area contributed by atoms with Gasteiger partial charge in [0.05, 0.1) is 0 Å². The van der Waals surface area contributed by atoms with Crippen molar-refractivity contribution in [2.75, 3.05) is 0 Å². The van der Waals surface area contributed by atoms with Crippen molar-refractivity contribution in [2.24, 2.45) is 5.92 Å². The van der Waals surface area contributed by atoms with Crippen molar-refractivity contribution in [3.8, 4) is 11.1 Å². The van der Waals surface area contributed by atoms with Crippen LogP contribution in [-0.4, -0.2) is 4.21 Å². The van der Waals surface area contributed by atoms with Crippen LogP contribution in [0, 0.1) is 5.92 Å². The maximum absolute atomic E-state index is 5.61. The zero-order chi connectivity index (χ0) is 31.4. The summed E-state index contributed by atoms with van der Waals surface area (Å²) in [6, 6.07) is 21.8. The first kappa shape index (κ1) is 35.3. The molecule has 242 valence electrons. The van der Waals surface area contributed by atoms with Crippen LogP contribution in [-0.2, 0) is 35.5 Å². The molecule has 2 unspecified atom stereocenters. The fourth-order valence-electron chi connectivity index (χ4n) is 10.1. The third-order valence-electron chi connectivity index (χ3n) is 12.7. The van der Waals surface area contributed by atoms with Crippen molar-refractivity contribution in [3.05, 3.63) is 121 Å². The summed E-state index contributed by atoms with van der Waals surface area (Å²) in [6.07, 6.45) is 12.3. The van der Waals surface area contributed by atoms with E-state index in [9.17, 15) is 0 Å². The number of benzene rings is 3. The molecule has 0 saturated heterocycles. The molecule has 3 aromatic carbocycles. The Bertz CT molecular complexity index is 1950. The van der Waals surface area contributed by atoms with Crippen molar-refractivity contribution in [1.82, 2.24) is 0 Å². The second-order valence-corrected chi connectivity index (χ2v) is 31.0. The molecule has 0 nitrogen and oxygen atoms in total. The van der Waals surface area contributed by atoms with E-state index in [1.165, 1.54) is 64.5 Å². The van der Waals surface area contributed by atoms with Gasteiger partial charge in [-0.1, -0.05) is 0 Å². The summed E-state index contributed by atoms with van der Waals surface area (Å²) < 4.78 is 10.3. The number of halogens is 2. The zero-order valence-corrected chi connectivity index (χ0v) is 33.4. The molecule has 0 radical (unpaired) electrons. The molecule has 0 bridgehead atoms. The van der Waals surface area contributed by atoms with Crippen LogP contribution in [0.15, 0.2) is 87.8 Å². The van der Waals surface area contributed by atoms with Crippen molar-refractivity contribution < 1.29 is 18.3 Å². The van der Waals surface area contributed by atoms with Crippen LogP contribution >= 0.6 is 24.8 Å². The number of hydrogen-bond donors (Lipinski definition) is 0. The number of fused-ring (bicyclic) bond motifs is 5. The van der Waals surface area contributed by atoms with E-state index in [0.29, 0.717) is 9.54 Å². The molecule has 4 aliphatic rings. The molecule has 0 amide bonds. The van der Waals surface area contributed by atoms with E-state index in [0.717, 1.165) is 17.0 Å². The predicted octanol–water partition coefficient (Wildman–Crippen LogP) is 12.0. The fraction of sp³-hybridized carbons (Fsp3) is 0.372. The van der Waals surface area contributed by atoms with E-state index in [-0.39, 0.29) is 35.6 Å². The second-order valence-electron chi connectivity index (χ2n) is 16.1. The Labute approximate surface area is 291 Å². The number of hydrogen-bond acceptors (Lipinski definition) is 0. The molecule has 7 rings (SSSR count). The van der Waals surface area contributed by atoms with Crippen molar-refractivity contribution in [3.63, 3.8) is 0 Å². The van der Waals surface area contributed by atoms with Gasteiger partial charge in [-0.15, -0.1) is 24.8 Å². The zero-order valence-electron chi connectivity index (χ0n) is 29.3. The van der Waals surface area contributed by atoms with Gasteiger partial charge in [0.1, 0.15) is 0 Å². The van der Waals surface area contributed by atoms with Gasteiger partial charge in [0, 0.05) is 0 Å². The Hall–Kier alpha value is -2.05. The van der Waals surface area contributed by atoms with Crippen LogP contribution in [0.25, 0.3) is 22.3 Å². The summed E-state index contributed by atoms with van der Waals surface area (Å²) in [5, 5.41) is 0. The standard InChI is InChI=1S/C27H29.C7H9.C6H5.C2H5.CH2.2ClH.Zr/c1-16-7-9-26(3,4)24-12-18-11-19-13-25-21(17(2)8-10-27(25,5)6)15-23(19)22(18)14-20(16)24;1-6-3-4-7(2)5-6;1-2-4-6-5-3-1;1-2;;;;/h7-9,12-15H,10-11H2,1-6H3;3,5,7H,1-2H3;1-5H;1H2,2H3;1H2;2*1H;. The minimum atomic E-state index is -4.21. The predicted molar refractivity (Wildman–Crippen MR) is 206 cm³/mol. The second kappa shape index (κ2) is 11.5. The van der Waals surface area contributed by atoms with E-state index >= 15 is 0 Å². The average Bonchev–Trinajstić information content (AvgIpc) is 3.54. The van der Waals surface area contributed by atoms with Gasteiger partial charge in [-0.25, -0.2) is 0 Å². The minimum absolute atomic E-state index is 0. The molecule has 46 heavy (non-hydrogen) atoms. The summed E-state index contributed by atoms with van der Waals surface area (Å²) in [7, 11) is 0. The molecule has 3 aromatic rings. The quantitative estimate of drug-likeness (QED) is 0.196. The van der Waals surface area contributed by atoms with Crippen LogP contribution < -0.4 is 3.27 Å². The van der Waals surface area contributed by atoms with Crippen LogP contribution in [0.2, 0.25) is 7.75 Å². The van der Waals surface area contributed by atoms with Crippen molar-refractivity contribution in [1.29, 1.82) is 0 Å². The van der Waals surface area contributed by atoms with Gasteiger partial charge in [-0.05, 0) is 0 Å². The van der Waals surface area contributed by atoms with Gasteiger partial charge in [-0.3, -0.25) is 0 Å². The van der Waals surface area contributed by atoms with E-state index in [4.69, 9.17) is 4.21 Å². The SMILES string of the molecule is Cl.Cl.[CH2]=[Zr]([CH2]C)([C]1=CC(C)=CC1C)([c]1ccccc1)[CH]1C=C(C)c2cc3c(cc2C1(C)C)Cc1cc2c(cc1-3)C(C)=CCC2(C)C. The summed E-state index contributed by atoms with van der Waals surface area (Å²) in [5.74, 6) is 0.437. The fourth-order valence-corrected chi connectivity index (χ4v) is 29.0. The molecule has 2 atom stereocenters. The first-order valence-corrected chi connectivity index (χ1v) is 24.3. The molecular formula is C43H52Cl2Zr. The Morgan fingerprint density at radius 2 is 1.37 bits per heavy atom. The van der Waals surface area contributed by atoms with Gasteiger partial charge in [-0.2, -0.15) is 0 Å². The molecule has 0 saturated carbocycles. The van der Waals surface area contributed by atoms with Gasteiger partial charge in [0.25, 0.3) is 0 Å². The Morgan fingerprint density at radius 1 is 0.783 bits per heavy atom. The Balaban J connectivity index is 0.00000208. The average molecular weight is 731 g/mol. The van der Waals surface area contributed by atoms with Gasteiger partial charge < -0.3 is 0 Å². The monoisotopic (exact) mass is 728 g/mol. The normalized spacial score (nSPS) is 22.0. The molecule has 3 heteroatoms. The Morgan fingerprint density at radius 3 is 1.93 bits per heavy atom. The van der Waals surface area contributed by atoms with Gasteiger partial charge in [0.2, 0.25) is 0 Å². The van der Waals surface area contributed by atoms with Gasteiger partial charge in [0.15, 0.2) is 0 Å². The molecule has 0 spiro atoms. The molecule has 4 aliphatic carbocycles. The Kier molecular flexibility index (Phi) is 8.84. The van der Waals surface area contributed by atoms with Gasteiger partial charge >= 0.3 is 269 Å². The molecule has 0 fully saturated rings. The number of rotatable bonds is 4. The summed E-state index contributed by atoms with van der Waals surface area (Å²) in [5.41, 5.74) is 16.3. The third-order valence-corrected chi connectivity index (χ3v) is 31.9. The third kappa shape index (κ3) is 4.73. The summed E-state index contributed by atoms with van der Waals surface area (Å²) in [6.45, 7) is 21.7. The van der Waals surface area contributed by atoms with E-state index in [2.05, 4.69) is 141 Å². The van der Waals surface area contributed by atoms with Crippen molar-refractivity contribution in [2.45, 2.75) is 93.7 Å². The van der Waals surface area contributed by atoms with E-state index in [1.807, 2.05) is 0 Å². The molecule has 0 N–H and O–H groups in total. The molecular weight excluding hydrogens is 679 g/mol. The first-order valence-electron chi connectivity index (χ1n) is 16.9. The van der Waals surface area contributed by atoms with Crippen LogP contribution in [0.1, 0.15) is 102 Å². The van der Waals surface area contributed by atoms with Crippen LogP contribution in [0.4, 0.5) is 0 Å². The summed E-state index contributed by atoms with van der Waals surface area (Å²) in [4.78, 5) is 0. The molecule has 0 heterocycles. The van der Waals surface area contributed by atoms with E-state index in [1.54, 1.807) is 3.28 Å². The summed E-state index contributed by atoms with van der Waals surface area (Å²) >= 11 is -4.21. The van der Waals surface area contributed by atoms with E-state index < -0.39 is 18.3 Å². The first-order chi connectivity index (χ1) is 20.7. The van der Waals surface area contributed by atoms with Crippen molar-refractivity contribution >= 4 is 43.4 Å². The topological polar surface area (TPSA) is 0 Å². The maximum atomic E-state index is 5.61.